The third kappa shape index (κ3) is 2.87. The van der Waals surface area contributed by atoms with Crippen molar-refractivity contribution < 1.29 is 5.11 Å². The minimum Gasteiger partial charge on any atom is -0.507 e. The number of fused-ring (bicyclic) bond motifs is 1. The largest absolute Gasteiger partial charge is 0.507 e. The average molecular weight is 242 g/mol. The van der Waals surface area contributed by atoms with Crippen LogP contribution in [-0.2, 0) is 0 Å². The van der Waals surface area contributed by atoms with Gasteiger partial charge < -0.3 is 10.0 Å². The van der Waals surface area contributed by atoms with E-state index in [-0.39, 0.29) is 5.75 Å². The van der Waals surface area contributed by atoms with Crippen LogP contribution in [0.15, 0.2) is 41.4 Å². The fraction of sp³-hybridized carbons (Fsp3) is 0.267. The first-order valence-corrected chi connectivity index (χ1v) is 6.04. The molecule has 2 aromatic carbocycles. The van der Waals surface area contributed by atoms with E-state index in [2.05, 4.69) is 9.89 Å². The highest BCUT2D eigenvalue weighted by molar-refractivity contribution is 6.02. The molecule has 3 nitrogen and oxygen atoms in total. The van der Waals surface area contributed by atoms with Gasteiger partial charge in [-0.15, -0.1) is 0 Å². The van der Waals surface area contributed by atoms with Crippen molar-refractivity contribution in [3.05, 3.63) is 42.0 Å². The molecule has 0 bridgehead atoms. The zero-order valence-corrected chi connectivity index (χ0v) is 10.8. The summed E-state index contributed by atoms with van der Waals surface area (Å²) in [5, 5.41) is 12.1. The lowest BCUT2D eigenvalue weighted by molar-refractivity contribution is 0.421. The van der Waals surface area contributed by atoms with E-state index in [9.17, 15) is 5.11 Å². The third-order valence-electron chi connectivity index (χ3n) is 2.84. The van der Waals surface area contributed by atoms with Crippen LogP contribution in [0.1, 0.15) is 5.56 Å². The second-order valence-electron chi connectivity index (χ2n) is 4.56. The summed E-state index contributed by atoms with van der Waals surface area (Å²) in [5.41, 5.74) is 0.798. The number of hydrogen-bond donors (Lipinski definition) is 1. The van der Waals surface area contributed by atoms with Crippen molar-refractivity contribution >= 4 is 17.0 Å². The van der Waals surface area contributed by atoms with Crippen LogP contribution in [0.25, 0.3) is 10.8 Å². The Morgan fingerprint density at radius 3 is 2.72 bits per heavy atom. The Bertz CT molecular complexity index is 561. The number of hydrogen-bond acceptors (Lipinski definition) is 3. The van der Waals surface area contributed by atoms with Gasteiger partial charge in [0, 0.05) is 18.3 Å². The lowest BCUT2D eigenvalue weighted by Crippen LogP contribution is -2.15. The van der Waals surface area contributed by atoms with Crippen LogP contribution in [0.4, 0.5) is 0 Å². The number of phenols is 1. The minimum absolute atomic E-state index is 0.280. The molecule has 2 rings (SSSR count). The van der Waals surface area contributed by atoms with Crippen molar-refractivity contribution in [2.24, 2.45) is 4.99 Å². The van der Waals surface area contributed by atoms with Gasteiger partial charge in [-0.05, 0) is 30.9 Å². The second kappa shape index (κ2) is 5.65. The van der Waals surface area contributed by atoms with Crippen molar-refractivity contribution in [3.8, 4) is 5.75 Å². The van der Waals surface area contributed by atoms with Gasteiger partial charge in [-0.2, -0.15) is 0 Å². The average Bonchev–Trinajstić information content (AvgIpc) is 2.36. The van der Waals surface area contributed by atoms with E-state index in [0.717, 1.165) is 29.4 Å². The molecule has 0 heterocycles. The van der Waals surface area contributed by atoms with Gasteiger partial charge in [-0.1, -0.05) is 30.3 Å². The Balaban J connectivity index is 2.29. The molecule has 3 heteroatoms. The summed E-state index contributed by atoms with van der Waals surface area (Å²) in [6.07, 6.45) is 1.77. The maximum Gasteiger partial charge on any atom is 0.124 e. The molecule has 2 aromatic rings. The summed E-state index contributed by atoms with van der Waals surface area (Å²) in [4.78, 5) is 6.45. The SMILES string of the molecule is CN(C)CCN=Cc1c(O)ccc2ccccc12. The molecule has 0 amide bonds. The summed E-state index contributed by atoms with van der Waals surface area (Å²) < 4.78 is 0. The van der Waals surface area contributed by atoms with Gasteiger partial charge in [0.05, 0.1) is 6.54 Å². The van der Waals surface area contributed by atoms with E-state index >= 15 is 0 Å². The number of likely N-dealkylation sites (N-methyl/N-ethyl adjacent to an activating group) is 1. The van der Waals surface area contributed by atoms with Crippen molar-refractivity contribution in [2.45, 2.75) is 0 Å². The third-order valence-corrected chi connectivity index (χ3v) is 2.84. The molecule has 18 heavy (non-hydrogen) atoms. The zero-order chi connectivity index (χ0) is 13.0. The van der Waals surface area contributed by atoms with Crippen LogP contribution in [0.5, 0.6) is 5.75 Å². The van der Waals surface area contributed by atoms with Crippen LogP contribution in [0, 0.1) is 0 Å². The quantitative estimate of drug-likeness (QED) is 0.836. The van der Waals surface area contributed by atoms with Crippen LogP contribution in [0.3, 0.4) is 0 Å². The highest BCUT2D eigenvalue weighted by atomic mass is 16.3. The van der Waals surface area contributed by atoms with E-state index in [4.69, 9.17) is 0 Å². The van der Waals surface area contributed by atoms with E-state index in [1.54, 1.807) is 12.3 Å². The van der Waals surface area contributed by atoms with Gasteiger partial charge in [-0.3, -0.25) is 4.99 Å². The summed E-state index contributed by atoms with van der Waals surface area (Å²) in [6, 6.07) is 11.6. The second-order valence-corrected chi connectivity index (χ2v) is 4.56. The molecule has 0 aliphatic carbocycles. The van der Waals surface area contributed by atoms with Crippen LogP contribution >= 0.6 is 0 Å². The molecule has 0 atom stereocenters. The Hall–Kier alpha value is -1.87. The van der Waals surface area contributed by atoms with Crippen LogP contribution in [-0.4, -0.2) is 43.4 Å². The highest BCUT2D eigenvalue weighted by Gasteiger charge is 2.03. The van der Waals surface area contributed by atoms with Crippen molar-refractivity contribution in [1.29, 1.82) is 0 Å². The highest BCUT2D eigenvalue weighted by Crippen LogP contribution is 2.25. The fourth-order valence-corrected chi connectivity index (χ4v) is 1.83. The molecule has 94 valence electrons. The molecule has 0 aromatic heterocycles. The number of rotatable bonds is 4. The molecule has 0 spiro atoms. The van der Waals surface area contributed by atoms with E-state index in [1.807, 2.05) is 44.4 Å². The van der Waals surface area contributed by atoms with Crippen molar-refractivity contribution in [1.82, 2.24) is 4.90 Å². The Kier molecular flexibility index (Phi) is 3.95. The first-order chi connectivity index (χ1) is 8.68. The summed E-state index contributed by atoms with van der Waals surface area (Å²) >= 11 is 0. The monoisotopic (exact) mass is 242 g/mol. The van der Waals surface area contributed by atoms with E-state index in [1.165, 1.54) is 0 Å². The number of nitrogens with zero attached hydrogens (tertiary/aromatic N) is 2. The molecule has 0 fully saturated rings. The lowest BCUT2D eigenvalue weighted by Gasteiger charge is -2.07. The Morgan fingerprint density at radius 2 is 1.94 bits per heavy atom. The predicted molar refractivity (Wildman–Crippen MR) is 76.6 cm³/mol. The summed E-state index contributed by atoms with van der Waals surface area (Å²) in [6.45, 7) is 1.64. The molecule has 0 unspecified atom stereocenters. The number of benzene rings is 2. The molecule has 1 N–H and O–H groups in total. The first kappa shape index (κ1) is 12.6. The van der Waals surface area contributed by atoms with Crippen LogP contribution in [0.2, 0.25) is 0 Å². The van der Waals surface area contributed by atoms with Crippen LogP contribution < -0.4 is 0 Å². The van der Waals surface area contributed by atoms with Gasteiger partial charge >= 0.3 is 0 Å². The minimum atomic E-state index is 0.280. The maximum absolute atomic E-state index is 9.92. The fourth-order valence-electron chi connectivity index (χ4n) is 1.83. The molecule has 0 saturated carbocycles. The van der Waals surface area contributed by atoms with Gasteiger partial charge in [-0.25, -0.2) is 0 Å². The van der Waals surface area contributed by atoms with Crippen molar-refractivity contribution in [2.75, 3.05) is 27.2 Å². The molecular formula is C15H18N2O. The number of aliphatic imine (C=N–C) groups is 1. The van der Waals surface area contributed by atoms with Gasteiger partial charge in [0.1, 0.15) is 5.75 Å². The Morgan fingerprint density at radius 1 is 1.17 bits per heavy atom. The maximum atomic E-state index is 9.92. The standard InChI is InChI=1S/C15H18N2O/c1-17(2)10-9-16-11-14-13-6-4-3-5-12(13)7-8-15(14)18/h3-8,11,18H,9-10H2,1-2H3. The predicted octanol–water partition coefficient (Wildman–Crippen LogP) is 2.53. The normalized spacial score (nSPS) is 11.7. The molecule has 0 aliphatic rings. The topological polar surface area (TPSA) is 35.8 Å². The zero-order valence-electron chi connectivity index (χ0n) is 10.8. The molecular weight excluding hydrogens is 224 g/mol. The molecule has 0 radical (unpaired) electrons. The smallest absolute Gasteiger partial charge is 0.124 e. The van der Waals surface area contributed by atoms with Gasteiger partial charge in [0.2, 0.25) is 0 Å². The van der Waals surface area contributed by atoms with E-state index < -0.39 is 0 Å². The Labute approximate surface area is 107 Å². The van der Waals surface area contributed by atoms with E-state index in [0.29, 0.717) is 0 Å². The van der Waals surface area contributed by atoms with Gasteiger partial charge in [0.25, 0.3) is 0 Å². The number of phenolic OH excluding ortho intramolecular Hbond substituents is 1. The van der Waals surface area contributed by atoms with Gasteiger partial charge in [0.15, 0.2) is 0 Å². The summed E-state index contributed by atoms with van der Waals surface area (Å²) in [5.74, 6) is 0.280. The first-order valence-electron chi connectivity index (χ1n) is 6.04. The molecule has 0 saturated heterocycles. The number of aromatic hydroxyl groups is 1. The van der Waals surface area contributed by atoms with Crippen molar-refractivity contribution in [3.63, 3.8) is 0 Å². The lowest BCUT2D eigenvalue weighted by atomic mass is 10.0. The molecule has 0 aliphatic heterocycles. The summed E-state index contributed by atoms with van der Waals surface area (Å²) in [7, 11) is 4.04.